The second-order valence-corrected chi connectivity index (χ2v) is 4.11. The van der Waals surface area contributed by atoms with Gasteiger partial charge in [0.25, 0.3) is 0 Å². The number of rotatable bonds is 2. The molecule has 3 rings (SSSR count). The molecule has 4 heteroatoms. The molecule has 1 N–H and O–H groups in total. The van der Waals surface area contributed by atoms with Crippen LogP contribution in [0.2, 0.25) is 0 Å². The van der Waals surface area contributed by atoms with Crippen molar-refractivity contribution in [3.63, 3.8) is 0 Å². The maximum absolute atomic E-state index is 11.4. The summed E-state index contributed by atoms with van der Waals surface area (Å²) < 4.78 is 5.19. The lowest BCUT2D eigenvalue weighted by Crippen LogP contribution is -2.12. The first-order chi connectivity index (χ1) is 7.78. The molecule has 0 atom stereocenters. The van der Waals surface area contributed by atoms with E-state index >= 15 is 0 Å². The third-order valence-electron chi connectivity index (χ3n) is 2.94. The van der Waals surface area contributed by atoms with Gasteiger partial charge in [-0.2, -0.15) is 4.98 Å². The van der Waals surface area contributed by atoms with Gasteiger partial charge in [-0.05, 0) is 37.0 Å². The van der Waals surface area contributed by atoms with E-state index in [1.54, 1.807) is 7.11 Å². The van der Waals surface area contributed by atoms with Crippen LogP contribution in [0.15, 0.2) is 23.0 Å². The molecule has 0 unspecified atom stereocenters. The van der Waals surface area contributed by atoms with Crippen LogP contribution in [0.3, 0.4) is 0 Å². The summed E-state index contributed by atoms with van der Waals surface area (Å²) in [7, 11) is 1.64. The van der Waals surface area contributed by atoms with Crippen molar-refractivity contribution in [1.82, 2.24) is 9.97 Å². The third kappa shape index (κ3) is 1.46. The van der Waals surface area contributed by atoms with Crippen LogP contribution >= 0.6 is 0 Å². The number of nitrogens with one attached hydrogen (secondary N) is 1. The molecule has 0 aliphatic heterocycles. The molecule has 1 aliphatic carbocycles. The minimum Gasteiger partial charge on any atom is -0.497 e. The van der Waals surface area contributed by atoms with Crippen LogP contribution in [0.4, 0.5) is 0 Å². The predicted molar refractivity (Wildman–Crippen MR) is 60.9 cm³/mol. The molecule has 1 saturated carbocycles. The molecule has 0 saturated heterocycles. The van der Waals surface area contributed by atoms with Gasteiger partial charge in [-0.15, -0.1) is 0 Å². The summed E-state index contributed by atoms with van der Waals surface area (Å²) in [6.07, 6.45) is 2.29. The molecule has 16 heavy (non-hydrogen) atoms. The summed E-state index contributed by atoms with van der Waals surface area (Å²) in [5, 5.41) is 1.00. The van der Waals surface area contributed by atoms with Gasteiger partial charge in [-0.3, -0.25) is 0 Å². The Labute approximate surface area is 92.3 Å². The molecular weight excluding hydrogens is 204 g/mol. The molecule has 0 bridgehead atoms. The Hall–Kier alpha value is -1.84. The molecule has 0 amide bonds. The number of hydrogen-bond acceptors (Lipinski definition) is 3. The average Bonchev–Trinajstić information content (AvgIpc) is 3.11. The third-order valence-corrected chi connectivity index (χ3v) is 2.94. The molecule has 1 aromatic carbocycles. The minimum absolute atomic E-state index is 0.264. The standard InChI is InChI=1S/C12H12N2O2/c1-16-8-4-5-10-9(6-8)11(7-2-3-7)14-12(15)13-10/h4-7H,2-3H2,1H3,(H,13,14,15). The highest BCUT2D eigenvalue weighted by Gasteiger charge is 2.26. The second kappa shape index (κ2) is 3.33. The Bertz CT molecular complexity index is 599. The number of ether oxygens (including phenoxy) is 1. The number of methoxy groups -OCH3 is 1. The number of fused-ring (bicyclic) bond motifs is 1. The SMILES string of the molecule is COc1ccc2nc(=O)[nH]c(C3CC3)c2c1. The van der Waals surface area contributed by atoms with E-state index in [9.17, 15) is 4.79 Å². The molecule has 0 radical (unpaired) electrons. The number of hydrogen-bond donors (Lipinski definition) is 1. The van der Waals surface area contributed by atoms with Gasteiger partial charge in [0.1, 0.15) is 5.75 Å². The fourth-order valence-electron chi connectivity index (χ4n) is 1.97. The zero-order valence-corrected chi connectivity index (χ0v) is 8.99. The van der Waals surface area contributed by atoms with Crippen molar-refractivity contribution in [2.75, 3.05) is 7.11 Å². The van der Waals surface area contributed by atoms with E-state index in [0.717, 1.165) is 35.2 Å². The largest absolute Gasteiger partial charge is 0.497 e. The predicted octanol–water partition coefficient (Wildman–Crippen LogP) is 1.81. The van der Waals surface area contributed by atoms with Crippen LogP contribution in [0, 0.1) is 0 Å². The molecular formula is C12H12N2O2. The molecule has 0 spiro atoms. The summed E-state index contributed by atoms with van der Waals surface area (Å²) >= 11 is 0. The molecule has 1 heterocycles. The number of H-pyrrole nitrogens is 1. The monoisotopic (exact) mass is 216 g/mol. The lowest BCUT2D eigenvalue weighted by molar-refractivity contribution is 0.415. The zero-order valence-electron chi connectivity index (χ0n) is 8.99. The minimum atomic E-state index is -0.264. The summed E-state index contributed by atoms with van der Waals surface area (Å²) in [4.78, 5) is 18.2. The first kappa shape index (κ1) is 9.39. The Morgan fingerprint density at radius 3 is 2.94 bits per heavy atom. The highest BCUT2D eigenvalue weighted by Crippen LogP contribution is 2.41. The smallest absolute Gasteiger partial charge is 0.345 e. The van der Waals surface area contributed by atoms with E-state index in [4.69, 9.17) is 4.74 Å². The van der Waals surface area contributed by atoms with Gasteiger partial charge < -0.3 is 9.72 Å². The highest BCUT2D eigenvalue weighted by atomic mass is 16.5. The van der Waals surface area contributed by atoms with Crippen LogP contribution in [0.25, 0.3) is 10.9 Å². The molecule has 82 valence electrons. The van der Waals surface area contributed by atoms with E-state index in [0.29, 0.717) is 5.92 Å². The van der Waals surface area contributed by atoms with Crippen LogP contribution in [-0.2, 0) is 0 Å². The van der Waals surface area contributed by atoms with Gasteiger partial charge >= 0.3 is 5.69 Å². The molecule has 1 aromatic heterocycles. The fraction of sp³-hybridized carbons (Fsp3) is 0.333. The maximum Gasteiger partial charge on any atom is 0.345 e. The summed E-state index contributed by atoms with van der Waals surface area (Å²) in [5.41, 5.74) is 1.49. The Morgan fingerprint density at radius 1 is 1.44 bits per heavy atom. The van der Waals surface area contributed by atoms with Crippen molar-refractivity contribution in [1.29, 1.82) is 0 Å². The molecule has 4 nitrogen and oxygen atoms in total. The lowest BCUT2D eigenvalue weighted by atomic mass is 10.1. The van der Waals surface area contributed by atoms with Gasteiger partial charge in [-0.25, -0.2) is 4.79 Å². The van der Waals surface area contributed by atoms with Gasteiger partial charge in [0, 0.05) is 11.1 Å². The van der Waals surface area contributed by atoms with Crippen LogP contribution < -0.4 is 10.4 Å². The van der Waals surface area contributed by atoms with Crippen LogP contribution in [0.5, 0.6) is 5.75 Å². The average molecular weight is 216 g/mol. The highest BCUT2D eigenvalue weighted by molar-refractivity contribution is 5.83. The first-order valence-corrected chi connectivity index (χ1v) is 5.36. The molecule has 1 aliphatic rings. The lowest BCUT2D eigenvalue weighted by Gasteiger charge is -2.06. The zero-order chi connectivity index (χ0) is 11.1. The van der Waals surface area contributed by atoms with Crippen molar-refractivity contribution in [2.24, 2.45) is 0 Å². The quantitative estimate of drug-likeness (QED) is 0.832. The summed E-state index contributed by atoms with van der Waals surface area (Å²) in [6.45, 7) is 0. The van der Waals surface area contributed by atoms with Crippen LogP contribution in [0.1, 0.15) is 24.5 Å². The van der Waals surface area contributed by atoms with Gasteiger partial charge in [0.2, 0.25) is 0 Å². The van der Waals surface area contributed by atoms with Crippen LogP contribution in [-0.4, -0.2) is 17.1 Å². The molecule has 2 aromatic rings. The van der Waals surface area contributed by atoms with Crippen molar-refractivity contribution < 1.29 is 4.74 Å². The van der Waals surface area contributed by atoms with Crippen molar-refractivity contribution >= 4 is 10.9 Å². The topological polar surface area (TPSA) is 55.0 Å². The Morgan fingerprint density at radius 2 is 2.25 bits per heavy atom. The second-order valence-electron chi connectivity index (χ2n) is 4.11. The maximum atomic E-state index is 11.4. The first-order valence-electron chi connectivity index (χ1n) is 5.36. The van der Waals surface area contributed by atoms with Crippen molar-refractivity contribution in [2.45, 2.75) is 18.8 Å². The summed E-state index contributed by atoms with van der Waals surface area (Å²) in [5.74, 6) is 1.29. The fourth-order valence-corrected chi connectivity index (χ4v) is 1.97. The van der Waals surface area contributed by atoms with E-state index in [-0.39, 0.29) is 5.69 Å². The number of benzene rings is 1. The molecule has 1 fully saturated rings. The number of aromatic amines is 1. The van der Waals surface area contributed by atoms with Gasteiger partial charge in [0.05, 0.1) is 12.6 Å². The van der Waals surface area contributed by atoms with E-state index in [2.05, 4.69) is 9.97 Å². The van der Waals surface area contributed by atoms with Crippen molar-refractivity contribution in [3.05, 3.63) is 34.4 Å². The van der Waals surface area contributed by atoms with Gasteiger partial charge in [0.15, 0.2) is 0 Å². The Balaban J connectivity index is 2.32. The van der Waals surface area contributed by atoms with E-state index < -0.39 is 0 Å². The normalized spacial score (nSPS) is 15.3. The van der Waals surface area contributed by atoms with Crippen molar-refractivity contribution in [3.8, 4) is 5.75 Å². The Kier molecular flexibility index (Phi) is 1.96. The summed E-state index contributed by atoms with van der Waals surface area (Å²) in [6, 6.07) is 5.59. The number of aromatic nitrogens is 2. The van der Waals surface area contributed by atoms with Gasteiger partial charge in [-0.1, -0.05) is 0 Å². The van der Waals surface area contributed by atoms with E-state index in [1.165, 1.54) is 0 Å². The van der Waals surface area contributed by atoms with E-state index in [1.807, 2.05) is 18.2 Å². The number of nitrogens with zero attached hydrogens (tertiary/aromatic N) is 1.